The van der Waals surface area contributed by atoms with E-state index in [0.29, 0.717) is 21.2 Å². The van der Waals surface area contributed by atoms with Crippen LogP contribution in [0.15, 0.2) is 42.5 Å². The second kappa shape index (κ2) is 6.09. The maximum absolute atomic E-state index is 12.5. The molecule has 0 spiro atoms. The van der Waals surface area contributed by atoms with Gasteiger partial charge < -0.3 is 0 Å². The molecule has 0 aliphatic heterocycles. The lowest BCUT2D eigenvalue weighted by Crippen LogP contribution is -2.12. The average Bonchev–Trinajstić information content (AvgIpc) is 2.41. The normalized spacial score (nSPS) is 11.7. The average molecular weight is 304 g/mol. The Labute approximate surface area is 127 Å². The highest BCUT2D eigenvalue weighted by Gasteiger charge is 2.23. The molecule has 2 nitrogen and oxygen atoms in total. The standard InChI is InChI=1S/C16H11Cl2NO/c1-10-8-13(18)6-7-14(10)16(20)15(9-19)11-2-4-12(17)5-3-11/h2-8,15H,1H3. The summed E-state index contributed by atoms with van der Waals surface area (Å²) in [6.07, 6.45) is 0. The van der Waals surface area contributed by atoms with Crippen molar-refractivity contribution in [3.63, 3.8) is 0 Å². The SMILES string of the molecule is Cc1cc(Cl)ccc1C(=O)C(C#N)c1ccc(Cl)cc1. The van der Waals surface area contributed by atoms with Gasteiger partial charge in [0.2, 0.25) is 0 Å². The summed E-state index contributed by atoms with van der Waals surface area (Å²) in [5.74, 6) is -1.07. The van der Waals surface area contributed by atoms with Gasteiger partial charge >= 0.3 is 0 Å². The van der Waals surface area contributed by atoms with Crippen molar-refractivity contribution in [3.05, 3.63) is 69.2 Å². The molecule has 4 heteroatoms. The van der Waals surface area contributed by atoms with Crippen LogP contribution in [-0.4, -0.2) is 5.78 Å². The van der Waals surface area contributed by atoms with Crippen LogP contribution in [0.4, 0.5) is 0 Å². The van der Waals surface area contributed by atoms with Crippen molar-refractivity contribution in [2.75, 3.05) is 0 Å². The van der Waals surface area contributed by atoms with E-state index in [0.717, 1.165) is 5.56 Å². The van der Waals surface area contributed by atoms with Gasteiger partial charge in [-0.3, -0.25) is 4.79 Å². The smallest absolute Gasteiger partial charge is 0.184 e. The molecule has 0 aliphatic carbocycles. The van der Waals surface area contributed by atoms with E-state index in [2.05, 4.69) is 6.07 Å². The number of carbonyl (C=O) groups excluding carboxylic acids is 1. The molecule has 100 valence electrons. The molecule has 0 fully saturated rings. The summed E-state index contributed by atoms with van der Waals surface area (Å²) in [7, 11) is 0. The van der Waals surface area contributed by atoms with Crippen LogP contribution in [0.25, 0.3) is 0 Å². The largest absolute Gasteiger partial charge is 0.292 e. The molecular formula is C16H11Cl2NO. The molecule has 2 aromatic carbocycles. The maximum Gasteiger partial charge on any atom is 0.184 e. The van der Waals surface area contributed by atoms with E-state index in [1.54, 1.807) is 49.4 Å². The molecule has 0 saturated carbocycles. The second-order valence-electron chi connectivity index (χ2n) is 4.44. The van der Waals surface area contributed by atoms with Gasteiger partial charge in [-0.1, -0.05) is 35.3 Å². The van der Waals surface area contributed by atoms with Gasteiger partial charge in [-0.25, -0.2) is 0 Å². The van der Waals surface area contributed by atoms with E-state index in [4.69, 9.17) is 23.2 Å². The molecule has 0 amide bonds. The summed E-state index contributed by atoms with van der Waals surface area (Å²) in [6, 6.07) is 13.8. The molecule has 0 aliphatic rings. The van der Waals surface area contributed by atoms with Gasteiger partial charge in [-0.05, 0) is 48.4 Å². The first kappa shape index (κ1) is 14.6. The predicted molar refractivity (Wildman–Crippen MR) is 80.3 cm³/mol. The van der Waals surface area contributed by atoms with E-state index in [1.165, 1.54) is 0 Å². The number of benzene rings is 2. The molecule has 1 unspecified atom stereocenters. The third kappa shape index (κ3) is 3.01. The zero-order valence-corrected chi connectivity index (χ0v) is 12.2. The third-order valence-electron chi connectivity index (χ3n) is 3.05. The van der Waals surface area contributed by atoms with Gasteiger partial charge in [0.15, 0.2) is 5.78 Å². The number of carbonyl (C=O) groups is 1. The molecule has 2 rings (SSSR count). The van der Waals surface area contributed by atoms with Crippen molar-refractivity contribution in [1.82, 2.24) is 0 Å². The number of aryl methyl sites for hydroxylation is 1. The van der Waals surface area contributed by atoms with Gasteiger partial charge in [-0.2, -0.15) is 5.26 Å². The van der Waals surface area contributed by atoms with E-state index >= 15 is 0 Å². The topological polar surface area (TPSA) is 40.9 Å². The number of Topliss-reactive ketones (excluding diaryl/α,β-unsaturated/α-hetero) is 1. The van der Waals surface area contributed by atoms with Crippen molar-refractivity contribution >= 4 is 29.0 Å². The molecule has 0 radical (unpaired) electrons. The first-order valence-corrected chi connectivity index (χ1v) is 6.74. The van der Waals surface area contributed by atoms with E-state index in [1.807, 2.05) is 0 Å². The minimum Gasteiger partial charge on any atom is -0.292 e. The van der Waals surface area contributed by atoms with Gasteiger partial charge in [0.1, 0.15) is 5.92 Å². The van der Waals surface area contributed by atoms with Crippen molar-refractivity contribution in [2.45, 2.75) is 12.8 Å². The molecular weight excluding hydrogens is 293 g/mol. The van der Waals surface area contributed by atoms with Crippen LogP contribution in [0.3, 0.4) is 0 Å². The Hall–Kier alpha value is -1.82. The summed E-state index contributed by atoms with van der Waals surface area (Å²) in [6.45, 7) is 1.80. The highest BCUT2D eigenvalue weighted by Crippen LogP contribution is 2.25. The molecule has 0 bridgehead atoms. The molecule has 0 saturated heterocycles. The number of halogens is 2. The minimum absolute atomic E-state index is 0.232. The molecule has 0 heterocycles. The highest BCUT2D eigenvalue weighted by atomic mass is 35.5. The summed E-state index contributed by atoms with van der Waals surface area (Å²) >= 11 is 11.7. The quantitative estimate of drug-likeness (QED) is 0.765. The van der Waals surface area contributed by atoms with E-state index in [-0.39, 0.29) is 5.78 Å². The molecule has 0 aromatic heterocycles. The Morgan fingerprint density at radius 3 is 2.25 bits per heavy atom. The van der Waals surface area contributed by atoms with Crippen LogP contribution in [0, 0.1) is 18.3 Å². The Bertz CT molecular complexity index is 687. The number of ketones is 1. The lowest BCUT2D eigenvalue weighted by atomic mass is 9.90. The zero-order valence-electron chi connectivity index (χ0n) is 10.7. The number of rotatable bonds is 3. The van der Waals surface area contributed by atoms with Crippen LogP contribution in [0.2, 0.25) is 10.0 Å². The molecule has 0 N–H and O–H groups in total. The monoisotopic (exact) mass is 303 g/mol. The van der Waals surface area contributed by atoms with Crippen molar-refractivity contribution in [3.8, 4) is 6.07 Å². The van der Waals surface area contributed by atoms with Gasteiger partial charge in [0.05, 0.1) is 6.07 Å². The van der Waals surface area contributed by atoms with Crippen LogP contribution in [-0.2, 0) is 0 Å². The maximum atomic E-state index is 12.5. The summed E-state index contributed by atoms with van der Waals surface area (Å²) < 4.78 is 0. The number of hydrogen-bond donors (Lipinski definition) is 0. The lowest BCUT2D eigenvalue weighted by molar-refractivity contribution is 0.0978. The van der Waals surface area contributed by atoms with Crippen molar-refractivity contribution in [1.29, 1.82) is 5.26 Å². The van der Waals surface area contributed by atoms with Gasteiger partial charge in [0.25, 0.3) is 0 Å². The fraction of sp³-hybridized carbons (Fsp3) is 0.125. The minimum atomic E-state index is -0.841. The fourth-order valence-electron chi connectivity index (χ4n) is 2.00. The van der Waals surface area contributed by atoms with Crippen molar-refractivity contribution in [2.24, 2.45) is 0 Å². The van der Waals surface area contributed by atoms with Crippen LogP contribution < -0.4 is 0 Å². The Morgan fingerprint density at radius 2 is 1.70 bits per heavy atom. The molecule has 20 heavy (non-hydrogen) atoms. The first-order chi connectivity index (χ1) is 9.52. The third-order valence-corrected chi connectivity index (χ3v) is 3.54. The van der Waals surface area contributed by atoms with Gasteiger partial charge in [0, 0.05) is 15.6 Å². The lowest BCUT2D eigenvalue weighted by Gasteiger charge is -2.11. The Morgan fingerprint density at radius 1 is 1.10 bits per heavy atom. The summed E-state index contributed by atoms with van der Waals surface area (Å²) in [4.78, 5) is 12.5. The van der Waals surface area contributed by atoms with Gasteiger partial charge in [-0.15, -0.1) is 0 Å². The predicted octanol–water partition coefficient (Wildman–Crippen LogP) is 4.79. The van der Waals surface area contributed by atoms with Crippen molar-refractivity contribution < 1.29 is 4.79 Å². The Kier molecular flexibility index (Phi) is 4.44. The highest BCUT2D eigenvalue weighted by molar-refractivity contribution is 6.31. The van der Waals surface area contributed by atoms with E-state index < -0.39 is 5.92 Å². The first-order valence-electron chi connectivity index (χ1n) is 5.98. The molecule has 2 aromatic rings. The van der Waals surface area contributed by atoms with Crippen LogP contribution >= 0.6 is 23.2 Å². The molecule has 1 atom stereocenters. The van der Waals surface area contributed by atoms with Crippen LogP contribution in [0.1, 0.15) is 27.4 Å². The number of nitriles is 1. The fourth-order valence-corrected chi connectivity index (χ4v) is 2.35. The summed E-state index contributed by atoms with van der Waals surface area (Å²) in [5.41, 5.74) is 1.91. The van der Waals surface area contributed by atoms with E-state index in [9.17, 15) is 10.1 Å². The summed E-state index contributed by atoms with van der Waals surface area (Å²) in [5, 5.41) is 10.4. The number of hydrogen-bond acceptors (Lipinski definition) is 2. The van der Waals surface area contributed by atoms with Crippen LogP contribution in [0.5, 0.6) is 0 Å². The Balaban J connectivity index is 2.39. The second-order valence-corrected chi connectivity index (χ2v) is 5.31. The number of nitrogens with zero attached hydrogens (tertiary/aromatic N) is 1. The zero-order chi connectivity index (χ0) is 14.7.